The van der Waals surface area contributed by atoms with E-state index < -0.39 is 0 Å². The van der Waals surface area contributed by atoms with Gasteiger partial charge in [0.25, 0.3) is 11.8 Å². The number of hydrogen-bond donors (Lipinski definition) is 1. The van der Waals surface area contributed by atoms with Crippen LogP contribution in [0, 0.1) is 20.8 Å². The molecule has 30 heavy (non-hydrogen) atoms. The minimum atomic E-state index is -0.387. The van der Waals surface area contributed by atoms with Crippen LogP contribution in [0.1, 0.15) is 22.3 Å². The van der Waals surface area contributed by atoms with E-state index in [0.29, 0.717) is 27.5 Å². The van der Waals surface area contributed by atoms with Crippen LogP contribution in [0.3, 0.4) is 0 Å². The van der Waals surface area contributed by atoms with Gasteiger partial charge >= 0.3 is 0 Å². The number of hydrogen-bond acceptors (Lipinski definition) is 3. The number of aryl methyl sites for hydroxylation is 3. The Morgan fingerprint density at radius 1 is 0.800 bits per heavy atom. The van der Waals surface area contributed by atoms with Crippen molar-refractivity contribution < 1.29 is 9.59 Å². The third-order valence-electron chi connectivity index (χ3n) is 5.18. The van der Waals surface area contributed by atoms with E-state index >= 15 is 0 Å². The highest BCUT2D eigenvalue weighted by molar-refractivity contribution is 6.46. The molecular formula is C25H21ClN2O2. The van der Waals surface area contributed by atoms with Crippen molar-refractivity contribution in [3.8, 4) is 0 Å². The predicted molar refractivity (Wildman–Crippen MR) is 122 cm³/mol. The summed E-state index contributed by atoms with van der Waals surface area (Å²) in [7, 11) is 0. The van der Waals surface area contributed by atoms with Gasteiger partial charge in [-0.25, -0.2) is 4.90 Å². The van der Waals surface area contributed by atoms with E-state index in [4.69, 9.17) is 11.6 Å². The minimum Gasteiger partial charge on any atom is -0.350 e. The molecule has 5 heteroatoms. The number of imide groups is 1. The van der Waals surface area contributed by atoms with Crippen molar-refractivity contribution in [3.63, 3.8) is 0 Å². The Kier molecular flexibility index (Phi) is 5.18. The smallest absolute Gasteiger partial charge is 0.282 e. The number of carbonyl (C=O) groups is 2. The Hall–Kier alpha value is -3.37. The Bertz CT molecular complexity index is 1200. The molecule has 150 valence electrons. The molecule has 0 saturated carbocycles. The van der Waals surface area contributed by atoms with Gasteiger partial charge < -0.3 is 5.32 Å². The van der Waals surface area contributed by atoms with E-state index in [1.54, 1.807) is 6.07 Å². The van der Waals surface area contributed by atoms with Gasteiger partial charge in [-0.3, -0.25) is 9.59 Å². The second-order valence-corrected chi connectivity index (χ2v) is 7.85. The molecule has 1 aliphatic rings. The van der Waals surface area contributed by atoms with Gasteiger partial charge in [-0.15, -0.1) is 0 Å². The van der Waals surface area contributed by atoms with Gasteiger partial charge in [0.15, 0.2) is 0 Å². The van der Waals surface area contributed by atoms with Crippen LogP contribution >= 0.6 is 11.6 Å². The monoisotopic (exact) mass is 416 g/mol. The summed E-state index contributed by atoms with van der Waals surface area (Å²) in [5, 5.41) is 3.74. The molecule has 1 N–H and O–H groups in total. The van der Waals surface area contributed by atoms with Crippen LogP contribution in [-0.2, 0) is 9.59 Å². The maximum absolute atomic E-state index is 13.5. The fourth-order valence-electron chi connectivity index (χ4n) is 3.61. The number of nitrogens with one attached hydrogen (secondary N) is 1. The van der Waals surface area contributed by atoms with Crippen molar-refractivity contribution in [2.24, 2.45) is 0 Å². The Morgan fingerprint density at radius 3 is 2.20 bits per heavy atom. The van der Waals surface area contributed by atoms with Crippen molar-refractivity contribution in [2.45, 2.75) is 20.8 Å². The topological polar surface area (TPSA) is 49.4 Å². The molecule has 4 rings (SSSR count). The first kappa shape index (κ1) is 19.9. The summed E-state index contributed by atoms with van der Waals surface area (Å²) in [6.07, 6.45) is 0. The van der Waals surface area contributed by atoms with Gasteiger partial charge in [-0.2, -0.15) is 0 Å². The molecule has 0 bridgehead atoms. The summed E-state index contributed by atoms with van der Waals surface area (Å²) in [5.74, 6) is -0.735. The third kappa shape index (κ3) is 3.51. The van der Waals surface area contributed by atoms with Crippen molar-refractivity contribution in [1.29, 1.82) is 0 Å². The largest absolute Gasteiger partial charge is 0.350 e. The van der Waals surface area contributed by atoms with Crippen molar-refractivity contribution in [3.05, 3.63) is 99.7 Å². The lowest BCUT2D eigenvalue weighted by molar-refractivity contribution is -0.120. The van der Waals surface area contributed by atoms with Crippen LogP contribution in [0.4, 0.5) is 11.4 Å². The normalized spacial score (nSPS) is 13.9. The molecular weight excluding hydrogens is 396 g/mol. The number of anilines is 2. The lowest BCUT2D eigenvalue weighted by Crippen LogP contribution is -2.33. The second kappa shape index (κ2) is 7.81. The van der Waals surface area contributed by atoms with Crippen LogP contribution < -0.4 is 10.2 Å². The first-order chi connectivity index (χ1) is 14.4. The molecule has 1 aliphatic heterocycles. The molecule has 0 aromatic heterocycles. The van der Waals surface area contributed by atoms with E-state index in [0.717, 1.165) is 16.7 Å². The van der Waals surface area contributed by atoms with Crippen LogP contribution in [-0.4, -0.2) is 11.8 Å². The zero-order valence-corrected chi connectivity index (χ0v) is 17.7. The summed E-state index contributed by atoms with van der Waals surface area (Å²) in [6.45, 7) is 5.79. The van der Waals surface area contributed by atoms with Gasteiger partial charge in [-0.1, -0.05) is 65.7 Å². The standard InChI is InChI=1S/C25H21ClN2O2/c1-15-9-12-21(17(3)13-15)28-24(29)22(18-7-5-4-6-8-18)23(25(28)30)27-19-11-10-16(2)20(26)14-19/h4-14,27H,1-3H3. The lowest BCUT2D eigenvalue weighted by atomic mass is 10.0. The number of carbonyl (C=O) groups excluding carboxylic acids is 2. The van der Waals surface area contributed by atoms with Gasteiger partial charge in [0, 0.05) is 10.7 Å². The zero-order chi connectivity index (χ0) is 21.4. The zero-order valence-electron chi connectivity index (χ0n) is 17.0. The van der Waals surface area contributed by atoms with Crippen LogP contribution in [0.25, 0.3) is 5.57 Å². The molecule has 0 radical (unpaired) electrons. The molecule has 3 aromatic rings. The summed E-state index contributed by atoms with van der Waals surface area (Å²) >= 11 is 6.26. The maximum atomic E-state index is 13.5. The molecule has 1 heterocycles. The number of nitrogens with zero attached hydrogens (tertiary/aromatic N) is 1. The van der Waals surface area contributed by atoms with Crippen LogP contribution in [0.5, 0.6) is 0 Å². The second-order valence-electron chi connectivity index (χ2n) is 7.44. The van der Waals surface area contributed by atoms with E-state index in [9.17, 15) is 9.59 Å². The summed E-state index contributed by atoms with van der Waals surface area (Å²) < 4.78 is 0. The first-order valence-corrected chi connectivity index (χ1v) is 10.0. The first-order valence-electron chi connectivity index (χ1n) is 9.65. The van der Waals surface area contributed by atoms with E-state index in [1.807, 2.05) is 81.4 Å². The predicted octanol–water partition coefficient (Wildman–Crippen LogP) is 5.66. The molecule has 0 spiro atoms. The maximum Gasteiger partial charge on any atom is 0.282 e. The Labute approximate surface area is 180 Å². The van der Waals surface area contributed by atoms with E-state index in [-0.39, 0.29) is 17.5 Å². The summed E-state index contributed by atoms with van der Waals surface area (Å²) in [5.41, 5.74) is 5.38. The van der Waals surface area contributed by atoms with E-state index in [2.05, 4.69) is 5.32 Å². The molecule has 0 saturated heterocycles. The fraction of sp³-hybridized carbons (Fsp3) is 0.120. The van der Waals surface area contributed by atoms with E-state index in [1.165, 1.54) is 4.90 Å². The summed E-state index contributed by atoms with van der Waals surface area (Å²) in [6, 6.07) is 20.4. The lowest BCUT2D eigenvalue weighted by Gasteiger charge is -2.18. The van der Waals surface area contributed by atoms with Crippen LogP contribution in [0.15, 0.2) is 72.4 Å². The van der Waals surface area contributed by atoms with Gasteiger partial charge in [0.05, 0.1) is 11.3 Å². The molecule has 2 amide bonds. The SMILES string of the molecule is Cc1ccc(N2C(=O)C(Nc3ccc(C)c(Cl)c3)=C(c3ccccc3)C2=O)c(C)c1. The highest BCUT2D eigenvalue weighted by Gasteiger charge is 2.40. The highest BCUT2D eigenvalue weighted by Crippen LogP contribution is 2.35. The minimum absolute atomic E-state index is 0.242. The third-order valence-corrected chi connectivity index (χ3v) is 5.59. The van der Waals surface area contributed by atoms with Crippen molar-refractivity contribution in [1.82, 2.24) is 0 Å². The molecule has 0 unspecified atom stereocenters. The number of halogens is 1. The molecule has 0 aliphatic carbocycles. The number of rotatable bonds is 4. The van der Waals surface area contributed by atoms with Gasteiger partial charge in [0.1, 0.15) is 5.70 Å². The Balaban J connectivity index is 1.83. The summed E-state index contributed by atoms with van der Waals surface area (Å²) in [4.78, 5) is 28.1. The van der Waals surface area contributed by atoms with Gasteiger partial charge in [0.2, 0.25) is 0 Å². The highest BCUT2D eigenvalue weighted by atomic mass is 35.5. The average Bonchev–Trinajstić information content (AvgIpc) is 2.95. The number of benzene rings is 3. The number of amides is 2. The fourth-order valence-corrected chi connectivity index (χ4v) is 3.79. The average molecular weight is 417 g/mol. The van der Waals surface area contributed by atoms with Gasteiger partial charge in [-0.05, 0) is 55.7 Å². The molecule has 0 fully saturated rings. The van der Waals surface area contributed by atoms with Crippen LogP contribution in [0.2, 0.25) is 5.02 Å². The quantitative estimate of drug-likeness (QED) is 0.558. The van der Waals surface area contributed by atoms with Crippen molar-refractivity contribution >= 4 is 40.4 Å². The Morgan fingerprint density at radius 2 is 1.53 bits per heavy atom. The van der Waals surface area contributed by atoms with Crippen molar-refractivity contribution in [2.75, 3.05) is 10.2 Å². The molecule has 0 atom stereocenters. The molecule has 4 nitrogen and oxygen atoms in total. The molecule has 3 aromatic carbocycles.